The first-order valence-corrected chi connectivity index (χ1v) is 10.4. The topological polar surface area (TPSA) is 56.1 Å². The zero-order valence-corrected chi connectivity index (χ0v) is 16.4. The summed E-state index contributed by atoms with van der Waals surface area (Å²) in [6.07, 6.45) is 7.77. The number of amides is 1. The van der Waals surface area contributed by atoms with Gasteiger partial charge >= 0.3 is 0 Å². The maximum atomic E-state index is 13.4. The van der Waals surface area contributed by atoms with Gasteiger partial charge in [-0.3, -0.25) is 4.79 Å². The highest BCUT2D eigenvalue weighted by Crippen LogP contribution is 2.42. The molecule has 0 bridgehead atoms. The fourth-order valence-electron chi connectivity index (χ4n) is 5.16. The van der Waals surface area contributed by atoms with Crippen molar-refractivity contribution in [2.45, 2.75) is 71.0 Å². The van der Waals surface area contributed by atoms with Crippen molar-refractivity contribution < 1.29 is 4.79 Å². The molecule has 4 nitrogen and oxygen atoms in total. The summed E-state index contributed by atoms with van der Waals surface area (Å²) in [4.78, 5) is 15.6. The van der Waals surface area contributed by atoms with Crippen molar-refractivity contribution in [3.8, 4) is 6.07 Å². The summed E-state index contributed by atoms with van der Waals surface area (Å²) in [7, 11) is 0. The number of carbonyl (C=O) groups is 1. The zero-order valence-electron chi connectivity index (χ0n) is 16.4. The van der Waals surface area contributed by atoms with E-state index in [1.54, 1.807) is 0 Å². The van der Waals surface area contributed by atoms with Crippen LogP contribution in [0.5, 0.6) is 0 Å². The van der Waals surface area contributed by atoms with Gasteiger partial charge in [0.1, 0.15) is 6.17 Å². The Kier molecular flexibility index (Phi) is 4.95. The quantitative estimate of drug-likeness (QED) is 0.836. The van der Waals surface area contributed by atoms with Crippen molar-refractivity contribution in [2.24, 2.45) is 11.8 Å². The number of nitrogens with zero attached hydrogens (tertiary/aromatic N) is 2. The summed E-state index contributed by atoms with van der Waals surface area (Å²) in [6, 6.07) is 10.1. The van der Waals surface area contributed by atoms with Gasteiger partial charge in [0.25, 0.3) is 5.91 Å². The van der Waals surface area contributed by atoms with Gasteiger partial charge in [-0.2, -0.15) is 5.26 Å². The van der Waals surface area contributed by atoms with Crippen LogP contribution in [-0.4, -0.2) is 23.0 Å². The summed E-state index contributed by atoms with van der Waals surface area (Å²) < 4.78 is 0. The Bertz CT molecular complexity index is 789. The Morgan fingerprint density at radius 2 is 1.81 bits per heavy atom. The van der Waals surface area contributed by atoms with Gasteiger partial charge < -0.3 is 10.2 Å². The van der Waals surface area contributed by atoms with E-state index in [1.165, 1.54) is 24.8 Å². The molecule has 4 heteroatoms. The lowest BCUT2D eigenvalue weighted by molar-refractivity contribution is -0.131. The minimum absolute atomic E-state index is 0.0292. The van der Waals surface area contributed by atoms with Crippen molar-refractivity contribution in [3.05, 3.63) is 41.0 Å². The first kappa shape index (κ1) is 18.1. The van der Waals surface area contributed by atoms with E-state index in [1.807, 2.05) is 24.3 Å². The average molecular weight is 364 g/mol. The summed E-state index contributed by atoms with van der Waals surface area (Å²) in [5, 5.41) is 12.7. The van der Waals surface area contributed by atoms with E-state index >= 15 is 0 Å². The molecule has 4 rings (SSSR count). The Morgan fingerprint density at radius 1 is 1.07 bits per heavy atom. The van der Waals surface area contributed by atoms with Crippen molar-refractivity contribution in [2.75, 3.05) is 5.32 Å². The Morgan fingerprint density at radius 3 is 2.56 bits per heavy atom. The summed E-state index contributed by atoms with van der Waals surface area (Å²) in [6.45, 7) is 4.64. The van der Waals surface area contributed by atoms with E-state index in [4.69, 9.17) is 5.26 Å². The molecule has 0 aromatic heterocycles. The SMILES string of the molecule is C[C@@H]1[C@H](C)CCC[C@@H]1N1C(=O)C2=C(CCCC2)[C@H]1Nc1ccc(C#N)cc1. The highest BCUT2D eigenvalue weighted by molar-refractivity contribution is 5.98. The summed E-state index contributed by atoms with van der Waals surface area (Å²) in [5.74, 6) is 1.45. The van der Waals surface area contributed by atoms with Gasteiger partial charge in [-0.1, -0.05) is 26.7 Å². The second kappa shape index (κ2) is 7.38. The molecule has 1 aromatic carbocycles. The van der Waals surface area contributed by atoms with Gasteiger partial charge in [-0.25, -0.2) is 0 Å². The van der Waals surface area contributed by atoms with Crippen LogP contribution in [0.2, 0.25) is 0 Å². The number of benzene rings is 1. The second-order valence-electron chi connectivity index (χ2n) is 8.49. The third kappa shape index (κ3) is 3.25. The minimum atomic E-state index is -0.0292. The molecule has 27 heavy (non-hydrogen) atoms. The standard InChI is InChI=1S/C23H29N3O/c1-15-6-5-9-21(16(15)2)26-22(19-7-3-4-8-20(19)23(26)27)25-18-12-10-17(14-24)11-13-18/h10-13,15-16,21-22,25H,3-9H2,1-2H3/t15-,16-,21+,22+/m1/s1. The molecule has 1 fully saturated rings. The Hall–Kier alpha value is -2.28. The van der Waals surface area contributed by atoms with E-state index in [0.29, 0.717) is 23.4 Å². The van der Waals surface area contributed by atoms with Crippen molar-refractivity contribution in [1.82, 2.24) is 4.90 Å². The lowest BCUT2D eigenvalue weighted by atomic mass is 9.77. The molecule has 1 saturated carbocycles. The Labute approximate surface area is 162 Å². The van der Waals surface area contributed by atoms with Crippen LogP contribution in [0.1, 0.15) is 64.4 Å². The molecule has 0 unspecified atom stereocenters. The second-order valence-corrected chi connectivity index (χ2v) is 8.49. The number of hydrogen-bond acceptors (Lipinski definition) is 3. The van der Waals surface area contributed by atoms with Gasteiger partial charge in [0.05, 0.1) is 11.6 Å². The number of nitriles is 1. The highest BCUT2D eigenvalue weighted by atomic mass is 16.2. The van der Waals surface area contributed by atoms with Crippen molar-refractivity contribution in [1.29, 1.82) is 5.26 Å². The molecule has 2 aliphatic carbocycles. The number of rotatable bonds is 3. The Balaban J connectivity index is 1.66. The number of anilines is 1. The van der Waals surface area contributed by atoms with E-state index in [2.05, 4.69) is 30.1 Å². The van der Waals surface area contributed by atoms with Gasteiger partial charge in [0, 0.05) is 17.3 Å². The van der Waals surface area contributed by atoms with Gasteiger partial charge in [0.2, 0.25) is 0 Å². The lowest BCUT2D eigenvalue weighted by Gasteiger charge is -2.43. The lowest BCUT2D eigenvalue weighted by Crippen LogP contribution is -2.52. The maximum absolute atomic E-state index is 13.4. The molecular weight excluding hydrogens is 334 g/mol. The van der Waals surface area contributed by atoms with Crippen molar-refractivity contribution in [3.63, 3.8) is 0 Å². The van der Waals surface area contributed by atoms with E-state index in [9.17, 15) is 4.79 Å². The van der Waals surface area contributed by atoms with Crippen LogP contribution < -0.4 is 5.32 Å². The van der Waals surface area contributed by atoms with Crippen molar-refractivity contribution >= 4 is 11.6 Å². The predicted molar refractivity (Wildman–Crippen MR) is 107 cm³/mol. The molecule has 1 aromatic rings. The largest absolute Gasteiger partial charge is 0.362 e. The van der Waals surface area contributed by atoms with E-state index in [-0.39, 0.29) is 12.1 Å². The minimum Gasteiger partial charge on any atom is -0.362 e. The number of hydrogen-bond donors (Lipinski definition) is 1. The molecule has 0 saturated heterocycles. The zero-order chi connectivity index (χ0) is 19.0. The molecule has 1 amide bonds. The monoisotopic (exact) mass is 363 g/mol. The third-order valence-electron chi connectivity index (χ3n) is 6.95. The molecule has 142 valence electrons. The van der Waals surface area contributed by atoms with Crippen LogP contribution >= 0.6 is 0 Å². The average Bonchev–Trinajstić information content (AvgIpc) is 2.97. The predicted octanol–water partition coefficient (Wildman–Crippen LogP) is 4.83. The van der Waals surface area contributed by atoms with E-state index in [0.717, 1.165) is 36.9 Å². The molecule has 0 radical (unpaired) electrons. The number of nitrogens with one attached hydrogen (secondary N) is 1. The van der Waals surface area contributed by atoms with Crippen LogP contribution in [0.25, 0.3) is 0 Å². The van der Waals surface area contributed by atoms with Gasteiger partial charge in [0.15, 0.2) is 0 Å². The van der Waals surface area contributed by atoms with E-state index < -0.39 is 0 Å². The number of carbonyl (C=O) groups excluding carboxylic acids is 1. The summed E-state index contributed by atoms with van der Waals surface area (Å²) in [5.41, 5.74) is 4.01. The van der Waals surface area contributed by atoms with Gasteiger partial charge in [-0.05, 0) is 73.8 Å². The molecule has 0 spiro atoms. The molecular formula is C23H29N3O. The first-order chi connectivity index (χ1) is 13.1. The molecule has 1 heterocycles. The smallest absolute Gasteiger partial charge is 0.252 e. The molecule has 4 atom stereocenters. The molecule has 1 N–H and O–H groups in total. The van der Waals surface area contributed by atoms with Crippen LogP contribution in [0.15, 0.2) is 35.4 Å². The third-order valence-corrected chi connectivity index (χ3v) is 6.95. The molecule has 1 aliphatic heterocycles. The first-order valence-electron chi connectivity index (χ1n) is 10.4. The maximum Gasteiger partial charge on any atom is 0.252 e. The van der Waals surface area contributed by atoms with Gasteiger partial charge in [-0.15, -0.1) is 0 Å². The fourth-order valence-corrected chi connectivity index (χ4v) is 5.16. The van der Waals surface area contributed by atoms with Crippen LogP contribution in [-0.2, 0) is 4.79 Å². The normalized spacial score (nSPS) is 30.9. The van der Waals surface area contributed by atoms with Crippen LogP contribution in [0.3, 0.4) is 0 Å². The molecule has 3 aliphatic rings. The summed E-state index contributed by atoms with van der Waals surface area (Å²) >= 11 is 0. The van der Waals surface area contributed by atoms with Crippen LogP contribution in [0, 0.1) is 23.2 Å². The highest BCUT2D eigenvalue weighted by Gasteiger charge is 2.45. The van der Waals surface area contributed by atoms with Crippen LogP contribution in [0.4, 0.5) is 5.69 Å². The fraction of sp³-hybridized carbons (Fsp3) is 0.565.